The summed E-state index contributed by atoms with van der Waals surface area (Å²) in [5.74, 6) is -0.0379. The van der Waals surface area contributed by atoms with Crippen molar-refractivity contribution in [3.63, 3.8) is 0 Å². The molecule has 0 bridgehead atoms. The summed E-state index contributed by atoms with van der Waals surface area (Å²) in [5, 5.41) is 7.18. The van der Waals surface area contributed by atoms with Crippen molar-refractivity contribution in [2.75, 3.05) is 11.9 Å². The first-order valence-corrected chi connectivity index (χ1v) is 13.9. The Hall–Kier alpha value is -3.97. The van der Waals surface area contributed by atoms with Crippen LogP contribution in [0, 0.1) is 20.8 Å². The van der Waals surface area contributed by atoms with E-state index in [0.717, 1.165) is 29.1 Å². The number of carbonyl (C=O) groups is 1. The molecule has 1 saturated heterocycles. The SMILES string of the molecule is CCc1ccccc1-n1c(C)cc([C@H]2[C@H](c3ccccn3)NC(=S)N2CCC(=O)Nc2ccc(C)cc2)c1C. The van der Waals surface area contributed by atoms with Crippen molar-refractivity contribution in [3.05, 3.63) is 113 Å². The van der Waals surface area contributed by atoms with Gasteiger partial charge in [0, 0.05) is 41.9 Å². The summed E-state index contributed by atoms with van der Waals surface area (Å²) < 4.78 is 2.34. The van der Waals surface area contributed by atoms with Crippen molar-refractivity contribution in [3.8, 4) is 5.69 Å². The Bertz CT molecular complexity index is 1480. The number of hydrogen-bond donors (Lipinski definition) is 2. The molecule has 4 aromatic rings. The van der Waals surface area contributed by atoms with Crippen LogP contribution >= 0.6 is 12.2 Å². The van der Waals surface area contributed by atoms with Gasteiger partial charge >= 0.3 is 0 Å². The Balaban J connectivity index is 1.48. The highest BCUT2D eigenvalue weighted by atomic mass is 32.1. The highest BCUT2D eigenvalue weighted by molar-refractivity contribution is 7.80. The Morgan fingerprint density at radius 3 is 2.49 bits per heavy atom. The summed E-state index contributed by atoms with van der Waals surface area (Å²) in [6.07, 6.45) is 3.09. The molecule has 1 aliphatic rings. The molecular formula is C32H35N5OS. The second kappa shape index (κ2) is 11.4. The molecule has 2 aromatic heterocycles. The van der Waals surface area contributed by atoms with Gasteiger partial charge in [-0.1, -0.05) is 48.9 Å². The molecule has 2 atom stereocenters. The molecule has 2 N–H and O–H groups in total. The van der Waals surface area contributed by atoms with Crippen LogP contribution in [-0.2, 0) is 11.2 Å². The van der Waals surface area contributed by atoms with E-state index in [2.05, 4.69) is 76.2 Å². The molecule has 2 aromatic carbocycles. The summed E-state index contributed by atoms with van der Waals surface area (Å²) in [4.78, 5) is 19.7. The number of anilines is 1. The van der Waals surface area contributed by atoms with E-state index in [1.54, 1.807) is 0 Å². The van der Waals surface area contributed by atoms with Crippen molar-refractivity contribution in [2.24, 2.45) is 0 Å². The minimum absolute atomic E-state index is 0.0379. The Kier molecular flexibility index (Phi) is 7.79. The van der Waals surface area contributed by atoms with E-state index < -0.39 is 0 Å². The predicted molar refractivity (Wildman–Crippen MR) is 161 cm³/mol. The van der Waals surface area contributed by atoms with Gasteiger partial charge in [0.15, 0.2) is 5.11 Å². The lowest BCUT2D eigenvalue weighted by atomic mass is 9.96. The number of nitrogens with one attached hydrogen (secondary N) is 2. The molecule has 0 radical (unpaired) electrons. The highest BCUT2D eigenvalue weighted by Gasteiger charge is 2.41. The van der Waals surface area contributed by atoms with Gasteiger partial charge < -0.3 is 20.1 Å². The van der Waals surface area contributed by atoms with E-state index in [4.69, 9.17) is 12.2 Å². The van der Waals surface area contributed by atoms with Gasteiger partial charge in [0.1, 0.15) is 0 Å². The lowest BCUT2D eigenvalue weighted by Crippen LogP contribution is -2.32. The molecule has 0 spiro atoms. The second-order valence-electron chi connectivity index (χ2n) is 10.1. The molecule has 1 fully saturated rings. The van der Waals surface area contributed by atoms with Crippen LogP contribution in [0.4, 0.5) is 5.69 Å². The van der Waals surface area contributed by atoms with Crippen molar-refractivity contribution < 1.29 is 4.79 Å². The third kappa shape index (κ3) is 5.45. The van der Waals surface area contributed by atoms with Crippen molar-refractivity contribution >= 4 is 28.9 Å². The zero-order valence-electron chi connectivity index (χ0n) is 22.9. The maximum atomic E-state index is 12.9. The molecule has 200 valence electrons. The summed E-state index contributed by atoms with van der Waals surface area (Å²) in [6.45, 7) is 9.04. The monoisotopic (exact) mass is 537 g/mol. The van der Waals surface area contributed by atoms with Gasteiger partial charge in [0.2, 0.25) is 5.91 Å². The number of para-hydroxylation sites is 1. The summed E-state index contributed by atoms with van der Waals surface area (Å²) in [7, 11) is 0. The predicted octanol–water partition coefficient (Wildman–Crippen LogP) is 6.36. The van der Waals surface area contributed by atoms with Crippen LogP contribution in [0.25, 0.3) is 5.69 Å². The molecule has 1 aliphatic heterocycles. The normalized spacial score (nSPS) is 16.8. The van der Waals surface area contributed by atoms with E-state index in [1.807, 2.05) is 55.6 Å². The van der Waals surface area contributed by atoms with Gasteiger partial charge in [0.05, 0.1) is 17.8 Å². The Labute approximate surface area is 236 Å². The maximum absolute atomic E-state index is 12.9. The molecule has 1 amide bonds. The lowest BCUT2D eigenvalue weighted by molar-refractivity contribution is -0.116. The van der Waals surface area contributed by atoms with Gasteiger partial charge in [-0.15, -0.1) is 0 Å². The first kappa shape index (κ1) is 26.6. The fraction of sp³-hybridized carbons (Fsp3) is 0.281. The first-order chi connectivity index (χ1) is 18.9. The fourth-order valence-corrected chi connectivity index (χ4v) is 5.88. The van der Waals surface area contributed by atoms with Crippen LogP contribution in [0.1, 0.15) is 59.2 Å². The number of rotatable bonds is 8. The quantitative estimate of drug-likeness (QED) is 0.256. The number of benzene rings is 2. The highest BCUT2D eigenvalue weighted by Crippen LogP contribution is 2.41. The molecular weight excluding hydrogens is 502 g/mol. The number of aryl methyl sites for hydroxylation is 3. The molecule has 5 rings (SSSR count). The number of amides is 1. The third-order valence-electron chi connectivity index (χ3n) is 7.52. The number of hydrogen-bond acceptors (Lipinski definition) is 3. The van der Waals surface area contributed by atoms with Crippen LogP contribution in [-0.4, -0.2) is 32.0 Å². The van der Waals surface area contributed by atoms with Crippen molar-refractivity contribution in [1.29, 1.82) is 0 Å². The van der Waals surface area contributed by atoms with Gasteiger partial charge in [-0.2, -0.15) is 0 Å². The van der Waals surface area contributed by atoms with Gasteiger partial charge in [-0.25, -0.2) is 0 Å². The van der Waals surface area contributed by atoms with E-state index in [9.17, 15) is 4.79 Å². The zero-order chi connectivity index (χ0) is 27.5. The number of thiocarbonyl (C=S) groups is 1. The van der Waals surface area contributed by atoms with Crippen LogP contribution in [0.5, 0.6) is 0 Å². The fourth-order valence-electron chi connectivity index (χ4n) is 5.55. The van der Waals surface area contributed by atoms with E-state index in [1.165, 1.54) is 22.5 Å². The molecule has 0 aliphatic carbocycles. The van der Waals surface area contributed by atoms with Crippen LogP contribution in [0.2, 0.25) is 0 Å². The topological polar surface area (TPSA) is 62.2 Å². The van der Waals surface area contributed by atoms with Crippen LogP contribution < -0.4 is 10.6 Å². The molecule has 0 unspecified atom stereocenters. The molecule has 0 saturated carbocycles. The number of aromatic nitrogens is 2. The standard InChI is InChI=1S/C32H35N5OS/c1-5-24-10-6-7-12-28(24)37-22(3)20-26(23(37)4)31-30(27-11-8-9-18-33-27)35-32(39)36(31)19-17-29(38)34-25-15-13-21(2)14-16-25/h6-16,18,20,30-31H,5,17,19H2,1-4H3,(H,34,38)(H,35,39)/t30-,31-/m0/s1. The Morgan fingerprint density at radius 2 is 1.77 bits per heavy atom. The summed E-state index contributed by atoms with van der Waals surface area (Å²) >= 11 is 5.86. The van der Waals surface area contributed by atoms with Gasteiger partial charge in [-0.05, 0) is 86.9 Å². The largest absolute Gasteiger partial charge is 0.352 e. The average Bonchev–Trinajstić information content (AvgIpc) is 3.43. The number of nitrogens with zero attached hydrogens (tertiary/aromatic N) is 3. The average molecular weight is 538 g/mol. The minimum Gasteiger partial charge on any atom is -0.352 e. The molecule has 7 heteroatoms. The van der Waals surface area contributed by atoms with Crippen LogP contribution in [0.15, 0.2) is 79.0 Å². The molecule has 39 heavy (non-hydrogen) atoms. The minimum atomic E-state index is -0.130. The van der Waals surface area contributed by atoms with Crippen LogP contribution in [0.3, 0.4) is 0 Å². The van der Waals surface area contributed by atoms with E-state index >= 15 is 0 Å². The van der Waals surface area contributed by atoms with E-state index in [0.29, 0.717) is 18.1 Å². The lowest BCUT2D eigenvalue weighted by Gasteiger charge is -2.28. The second-order valence-corrected chi connectivity index (χ2v) is 10.5. The third-order valence-corrected chi connectivity index (χ3v) is 7.87. The van der Waals surface area contributed by atoms with Crippen molar-refractivity contribution in [1.82, 2.24) is 19.8 Å². The molecule has 3 heterocycles. The molecule has 6 nitrogen and oxygen atoms in total. The smallest absolute Gasteiger partial charge is 0.226 e. The maximum Gasteiger partial charge on any atom is 0.226 e. The van der Waals surface area contributed by atoms with Crippen molar-refractivity contribution in [2.45, 2.75) is 52.6 Å². The first-order valence-electron chi connectivity index (χ1n) is 13.5. The van der Waals surface area contributed by atoms with Gasteiger partial charge in [0.25, 0.3) is 0 Å². The summed E-state index contributed by atoms with van der Waals surface area (Å²) in [6, 6.07) is 24.4. The van der Waals surface area contributed by atoms with Gasteiger partial charge in [-0.3, -0.25) is 9.78 Å². The number of carbonyl (C=O) groups excluding carboxylic acids is 1. The Morgan fingerprint density at radius 1 is 1.03 bits per heavy atom. The zero-order valence-corrected chi connectivity index (χ0v) is 23.8. The summed E-state index contributed by atoms with van der Waals surface area (Å²) in [5.41, 5.74) is 8.90. The number of pyridine rings is 1. The van der Waals surface area contributed by atoms with E-state index in [-0.39, 0.29) is 18.0 Å².